The van der Waals surface area contributed by atoms with Crippen LogP contribution in [0.5, 0.6) is 0 Å². The summed E-state index contributed by atoms with van der Waals surface area (Å²) in [6.45, 7) is 1.71. The molecule has 0 aliphatic carbocycles. The Labute approximate surface area is 119 Å². The zero-order valence-electron chi connectivity index (χ0n) is 11.3. The number of esters is 1. The van der Waals surface area contributed by atoms with Gasteiger partial charge in [0, 0.05) is 6.07 Å². The fourth-order valence-corrected chi connectivity index (χ4v) is 1.76. The number of benzene rings is 1. The number of aromatic nitrogens is 1. The van der Waals surface area contributed by atoms with Crippen molar-refractivity contribution in [2.45, 2.75) is 6.92 Å². The van der Waals surface area contributed by atoms with Crippen LogP contribution in [0, 0.1) is 23.8 Å². The molecule has 7 heteroatoms. The summed E-state index contributed by atoms with van der Waals surface area (Å²) in [4.78, 5) is 11.6. The number of rotatable bonds is 3. The zero-order chi connectivity index (χ0) is 15.6. The van der Waals surface area contributed by atoms with Gasteiger partial charge in [0.1, 0.15) is 5.56 Å². The number of pyridine rings is 1. The number of hydrogen-bond donors (Lipinski definition) is 1. The highest BCUT2D eigenvalue weighted by atomic mass is 19.2. The Morgan fingerprint density at radius 1 is 1.29 bits per heavy atom. The fourth-order valence-electron chi connectivity index (χ4n) is 1.76. The highest BCUT2D eigenvalue weighted by Gasteiger charge is 2.23. The van der Waals surface area contributed by atoms with Crippen LogP contribution in [-0.2, 0) is 4.74 Å². The van der Waals surface area contributed by atoms with Crippen LogP contribution in [0.4, 0.5) is 20.3 Å². The van der Waals surface area contributed by atoms with Gasteiger partial charge in [-0.15, -0.1) is 0 Å². The first-order valence-corrected chi connectivity index (χ1v) is 5.97. The van der Waals surface area contributed by atoms with Gasteiger partial charge in [-0.05, 0) is 30.7 Å². The van der Waals surface area contributed by atoms with Crippen LogP contribution in [0.2, 0.25) is 0 Å². The number of halogens is 2. The second-order valence-corrected chi connectivity index (χ2v) is 4.32. The van der Waals surface area contributed by atoms with Crippen molar-refractivity contribution in [1.82, 2.24) is 0 Å². The molecule has 0 amide bonds. The Kier molecular flexibility index (Phi) is 4.02. The molecule has 1 N–H and O–H groups in total. The van der Waals surface area contributed by atoms with Crippen LogP contribution >= 0.6 is 0 Å². The number of anilines is 2. The first-order chi connectivity index (χ1) is 9.93. The second kappa shape index (κ2) is 5.74. The van der Waals surface area contributed by atoms with Crippen LogP contribution < -0.4 is 10.0 Å². The minimum Gasteiger partial charge on any atom is -0.711 e. The van der Waals surface area contributed by atoms with E-state index in [1.807, 2.05) is 0 Å². The van der Waals surface area contributed by atoms with Crippen molar-refractivity contribution in [2.24, 2.45) is 0 Å². The van der Waals surface area contributed by atoms with Crippen molar-refractivity contribution in [2.75, 3.05) is 12.4 Å². The number of ether oxygens (including phenoxy) is 1. The maximum absolute atomic E-state index is 13.9. The molecule has 0 aliphatic rings. The highest BCUT2D eigenvalue weighted by molar-refractivity contribution is 5.96. The zero-order valence-corrected chi connectivity index (χ0v) is 11.3. The molecule has 1 aromatic carbocycles. The third-order valence-corrected chi connectivity index (χ3v) is 2.82. The number of hydrogen-bond acceptors (Lipinski definition) is 4. The smallest absolute Gasteiger partial charge is 0.342 e. The second-order valence-electron chi connectivity index (χ2n) is 4.32. The Morgan fingerprint density at radius 3 is 2.62 bits per heavy atom. The lowest BCUT2D eigenvalue weighted by molar-refractivity contribution is -0.590. The molecule has 21 heavy (non-hydrogen) atoms. The van der Waals surface area contributed by atoms with Gasteiger partial charge in [0.05, 0.1) is 13.3 Å². The molecule has 2 rings (SSSR count). The van der Waals surface area contributed by atoms with Gasteiger partial charge >= 0.3 is 5.97 Å². The van der Waals surface area contributed by atoms with E-state index >= 15 is 0 Å². The molecule has 0 spiro atoms. The predicted octanol–water partition coefficient (Wildman–Crippen LogP) is 2.44. The van der Waals surface area contributed by atoms with E-state index in [0.29, 0.717) is 10.3 Å². The summed E-state index contributed by atoms with van der Waals surface area (Å²) < 4.78 is 32.2. The van der Waals surface area contributed by atoms with Crippen molar-refractivity contribution in [3.05, 3.63) is 58.4 Å². The molecule has 0 bridgehead atoms. The van der Waals surface area contributed by atoms with Crippen LogP contribution in [0.15, 0.2) is 30.5 Å². The molecule has 110 valence electrons. The van der Waals surface area contributed by atoms with E-state index < -0.39 is 23.3 Å². The molecule has 1 heterocycles. The SMILES string of the molecule is COC(=O)c1ccc(F)c(F)c1Nc1ccc(C)c[n+]1[O-]. The van der Waals surface area contributed by atoms with E-state index in [1.54, 1.807) is 13.0 Å². The van der Waals surface area contributed by atoms with E-state index in [0.717, 1.165) is 19.2 Å². The van der Waals surface area contributed by atoms with Crippen LogP contribution in [-0.4, -0.2) is 13.1 Å². The number of methoxy groups -OCH3 is 1. The van der Waals surface area contributed by atoms with Gasteiger partial charge in [-0.3, -0.25) is 0 Å². The van der Waals surface area contributed by atoms with Crippen molar-refractivity contribution in [1.29, 1.82) is 0 Å². The van der Waals surface area contributed by atoms with E-state index in [-0.39, 0.29) is 11.4 Å². The van der Waals surface area contributed by atoms with Crippen molar-refractivity contribution in [3.8, 4) is 0 Å². The lowest BCUT2D eigenvalue weighted by atomic mass is 10.1. The molecular formula is C14H12F2N2O3. The molecule has 0 atom stereocenters. The molecule has 1 aromatic heterocycles. The lowest BCUT2D eigenvalue weighted by Gasteiger charge is -2.11. The number of carbonyl (C=O) groups is 1. The summed E-state index contributed by atoms with van der Waals surface area (Å²) in [5.74, 6) is -3.30. The summed E-state index contributed by atoms with van der Waals surface area (Å²) in [5, 5.41) is 14.1. The largest absolute Gasteiger partial charge is 0.711 e. The third-order valence-electron chi connectivity index (χ3n) is 2.82. The van der Waals surface area contributed by atoms with Gasteiger partial charge in [-0.2, -0.15) is 4.39 Å². The normalized spacial score (nSPS) is 10.3. The van der Waals surface area contributed by atoms with E-state index in [1.165, 1.54) is 12.3 Å². The van der Waals surface area contributed by atoms with Crippen LogP contribution in [0.3, 0.4) is 0 Å². The van der Waals surface area contributed by atoms with E-state index in [2.05, 4.69) is 10.1 Å². The Bertz CT molecular complexity index is 705. The molecule has 0 unspecified atom stereocenters. The summed E-state index contributed by atoms with van der Waals surface area (Å²) in [7, 11) is 1.12. The maximum Gasteiger partial charge on any atom is 0.342 e. The Balaban J connectivity index is 2.51. The number of nitrogens with zero attached hydrogens (tertiary/aromatic N) is 1. The monoisotopic (exact) mass is 294 g/mol. The van der Waals surface area contributed by atoms with Crippen molar-refractivity contribution >= 4 is 17.5 Å². The molecule has 0 radical (unpaired) electrons. The van der Waals surface area contributed by atoms with Gasteiger partial charge < -0.3 is 9.94 Å². The maximum atomic E-state index is 13.9. The van der Waals surface area contributed by atoms with Gasteiger partial charge in [0.25, 0.3) is 5.82 Å². The average molecular weight is 294 g/mol. The molecule has 0 saturated carbocycles. The average Bonchev–Trinajstić information content (AvgIpc) is 2.45. The third kappa shape index (κ3) is 2.91. The standard InChI is InChI=1S/C14H12F2N2O3/c1-8-3-6-11(18(20)7-8)17-13-9(14(19)21-2)4-5-10(15)12(13)16/h3-7,17H,1-2H3. The number of carbonyl (C=O) groups excluding carboxylic acids is 1. The fraction of sp³-hybridized carbons (Fsp3) is 0.143. The molecule has 0 saturated heterocycles. The highest BCUT2D eigenvalue weighted by Crippen LogP contribution is 2.26. The van der Waals surface area contributed by atoms with Gasteiger partial charge in [-0.25, -0.2) is 19.2 Å². The topological polar surface area (TPSA) is 65.3 Å². The Hall–Kier alpha value is -2.70. The quantitative estimate of drug-likeness (QED) is 0.536. The minimum atomic E-state index is -1.27. The van der Waals surface area contributed by atoms with Gasteiger partial charge in [-0.1, -0.05) is 0 Å². The molecule has 0 aliphatic heterocycles. The van der Waals surface area contributed by atoms with Gasteiger partial charge in [0.15, 0.2) is 11.5 Å². The number of nitrogens with one attached hydrogen (secondary N) is 1. The van der Waals surface area contributed by atoms with Crippen LogP contribution in [0.25, 0.3) is 0 Å². The van der Waals surface area contributed by atoms with Crippen molar-refractivity contribution < 1.29 is 23.0 Å². The molecule has 2 aromatic rings. The Morgan fingerprint density at radius 2 is 2.00 bits per heavy atom. The van der Waals surface area contributed by atoms with Gasteiger partial charge in [0.2, 0.25) is 5.82 Å². The molecule has 0 fully saturated rings. The summed E-state index contributed by atoms with van der Waals surface area (Å²) in [6.07, 6.45) is 1.26. The summed E-state index contributed by atoms with van der Waals surface area (Å²) in [6, 6.07) is 4.91. The molecular weight excluding hydrogens is 282 g/mol. The summed E-state index contributed by atoms with van der Waals surface area (Å²) >= 11 is 0. The summed E-state index contributed by atoms with van der Waals surface area (Å²) in [5.41, 5.74) is 0.0377. The van der Waals surface area contributed by atoms with Crippen LogP contribution in [0.1, 0.15) is 15.9 Å². The predicted molar refractivity (Wildman–Crippen MR) is 71.1 cm³/mol. The van der Waals surface area contributed by atoms with E-state index in [9.17, 15) is 18.8 Å². The first kappa shape index (κ1) is 14.7. The van der Waals surface area contributed by atoms with Crippen molar-refractivity contribution in [3.63, 3.8) is 0 Å². The lowest BCUT2D eigenvalue weighted by Crippen LogP contribution is -2.30. The minimum absolute atomic E-state index is 0.0461. The molecule has 5 nitrogen and oxygen atoms in total. The first-order valence-electron chi connectivity index (χ1n) is 5.97. The number of aryl methyl sites for hydroxylation is 1. The van der Waals surface area contributed by atoms with E-state index in [4.69, 9.17) is 0 Å².